The van der Waals surface area contributed by atoms with Crippen LogP contribution in [-0.4, -0.2) is 66.3 Å². The molecule has 0 radical (unpaired) electrons. The summed E-state index contributed by atoms with van der Waals surface area (Å²) in [6.07, 6.45) is 10.7. The van der Waals surface area contributed by atoms with Crippen molar-refractivity contribution in [2.75, 3.05) is 32.0 Å². The standard InChI is InChI=1S/C6H11NO2.C6H13NO.C6H13NS/c8-6(9)5-3-1-2-4-7-5;2*8-5-6-3-1-2-4-7-6/h5,7H,1-4H2,(H,8,9);2*6-8H,1-5H2. The van der Waals surface area contributed by atoms with Crippen LogP contribution in [0.1, 0.15) is 57.8 Å². The van der Waals surface area contributed by atoms with Crippen molar-refractivity contribution in [3.05, 3.63) is 0 Å². The van der Waals surface area contributed by atoms with Gasteiger partial charge in [0.25, 0.3) is 0 Å². The number of hydrogen-bond donors (Lipinski definition) is 6. The van der Waals surface area contributed by atoms with Gasteiger partial charge in [-0.05, 0) is 58.2 Å². The number of carboxylic acid groups (broad SMARTS) is 1. The average Bonchev–Trinajstić information content (AvgIpc) is 2.71. The minimum Gasteiger partial charge on any atom is -0.480 e. The van der Waals surface area contributed by atoms with E-state index in [1.807, 2.05) is 0 Å². The molecular formula is C18H37N3O3S. The molecule has 25 heavy (non-hydrogen) atoms. The zero-order valence-electron chi connectivity index (χ0n) is 15.4. The van der Waals surface area contributed by atoms with Gasteiger partial charge in [0.05, 0.1) is 6.61 Å². The zero-order chi connectivity index (χ0) is 18.3. The van der Waals surface area contributed by atoms with E-state index in [4.69, 9.17) is 10.2 Å². The van der Waals surface area contributed by atoms with Crippen molar-refractivity contribution in [3.8, 4) is 0 Å². The highest BCUT2D eigenvalue weighted by atomic mass is 32.1. The number of hydrogen-bond acceptors (Lipinski definition) is 6. The third-order valence-electron chi connectivity index (χ3n) is 4.87. The first kappa shape index (κ1) is 22.7. The van der Waals surface area contributed by atoms with E-state index in [1.54, 1.807) is 0 Å². The van der Waals surface area contributed by atoms with Crippen LogP contribution in [0.4, 0.5) is 0 Å². The van der Waals surface area contributed by atoms with Gasteiger partial charge >= 0.3 is 5.97 Å². The molecule has 148 valence electrons. The molecular weight excluding hydrogens is 338 g/mol. The Bertz CT molecular complexity index is 312. The maximum atomic E-state index is 10.3. The van der Waals surface area contributed by atoms with Gasteiger partial charge in [-0.1, -0.05) is 19.3 Å². The number of thiol groups is 1. The second-order valence-corrected chi connectivity index (χ2v) is 7.36. The molecule has 3 rings (SSSR count). The molecule has 0 aromatic carbocycles. The molecule has 0 aliphatic carbocycles. The van der Waals surface area contributed by atoms with Crippen LogP contribution in [0, 0.1) is 0 Å². The van der Waals surface area contributed by atoms with Gasteiger partial charge in [0.2, 0.25) is 0 Å². The van der Waals surface area contributed by atoms with Gasteiger partial charge in [0.1, 0.15) is 6.04 Å². The molecule has 6 nitrogen and oxygen atoms in total. The van der Waals surface area contributed by atoms with E-state index >= 15 is 0 Å². The molecule has 3 unspecified atom stereocenters. The van der Waals surface area contributed by atoms with E-state index in [9.17, 15) is 4.79 Å². The van der Waals surface area contributed by atoms with Crippen molar-refractivity contribution in [3.63, 3.8) is 0 Å². The van der Waals surface area contributed by atoms with Crippen LogP contribution in [0.15, 0.2) is 0 Å². The normalized spacial score (nSPS) is 29.4. The van der Waals surface area contributed by atoms with Gasteiger partial charge < -0.3 is 26.2 Å². The van der Waals surface area contributed by atoms with Crippen molar-refractivity contribution in [1.29, 1.82) is 0 Å². The Kier molecular flexibility index (Phi) is 13.4. The first-order valence-electron chi connectivity index (χ1n) is 9.82. The number of aliphatic carboxylic acids is 1. The molecule has 0 aromatic rings. The molecule has 3 atom stereocenters. The summed E-state index contributed by atoms with van der Waals surface area (Å²) in [5, 5.41) is 26.6. The van der Waals surface area contributed by atoms with Gasteiger partial charge in [0.15, 0.2) is 0 Å². The predicted octanol–water partition coefficient (Wildman–Crippen LogP) is 1.39. The Balaban J connectivity index is 0.000000188. The van der Waals surface area contributed by atoms with Crippen molar-refractivity contribution >= 4 is 18.6 Å². The number of rotatable bonds is 3. The summed E-state index contributed by atoms with van der Waals surface area (Å²) in [6.45, 7) is 3.45. The van der Waals surface area contributed by atoms with Gasteiger partial charge in [0, 0.05) is 17.8 Å². The summed E-state index contributed by atoms with van der Waals surface area (Å²) in [5.74, 6) is 0.287. The second kappa shape index (κ2) is 14.8. The minimum absolute atomic E-state index is 0.279. The number of nitrogens with one attached hydrogen (secondary N) is 3. The number of aliphatic hydroxyl groups is 1. The molecule has 3 saturated heterocycles. The molecule has 3 aliphatic heterocycles. The molecule has 7 heteroatoms. The monoisotopic (exact) mass is 375 g/mol. The van der Waals surface area contributed by atoms with Crippen LogP contribution in [0.5, 0.6) is 0 Å². The number of carboxylic acids is 1. The SMILES string of the molecule is O=C(O)C1CCCCN1.OCC1CCCCN1.SCC1CCCCN1. The van der Waals surface area contributed by atoms with E-state index < -0.39 is 5.97 Å². The zero-order valence-corrected chi connectivity index (χ0v) is 16.3. The third kappa shape index (κ3) is 11.1. The summed E-state index contributed by atoms with van der Waals surface area (Å²) in [7, 11) is 0. The molecule has 3 aliphatic rings. The van der Waals surface area contributed by atoms with Gasteiger partial charge in [-0.3, -0.25) is 4.79 Å². The smallest absolute Gasteiger partial charge is 0.320 e. The maximum Gasteiger partial charge on any atom is 0.320 e. The highest BCUT2D eigenvalue weighted by Gasteiger charge is 2.18. The summed E-state index contributed by atoms with van der Waals surface area (Å²) in [6, 6.07) is 0.814. The summed E-state index contributed by atoms with van der Waals surface area (Å²) < 4.78 is 0. The lowest BCUT2D eigenvalue weighted by Crippen LogP contribution is -2.40. The molecule has 0 saturated carbocycles. The highest BCUT2D eigenvalue weighted by molar-refractivity contribution is 7.80. The van der Waals surface area contributed by atoms with Crippen molar-refractivity contribution in [2.45, 2.75) is 75.9 Å². The Morgan fingerprint density at radius 2 is 1.36 bits per heavy atom. The van der Waals surface area contributed by atoms with Gasteiger partial charge in [-0.15, -0.1) is 0 Å². The highest BCUT2D eigenvalue weighted by Crippen LogP contribution is 2.07. The molecule has 0 bridgehead atoms. The molecule has 0 spiro atoms. The van der Waals surface area contributed by atoms with Crippen LogP contribution in [0.2, 0.25) is 0 Å². The van der Waals surface area contributed by atoms with Crippen LogP contribution in [-0.2, 0) is 4.79 Å². The fraction of sp³-hybridized carbons (Fsp3) is 0.944. The second-order valence-electron chi connectivity index (χ2n) is 7.00. The van der Waals surface area contributed by atoms with Gasteiger partial charge in [-0.25, -0.2) is 0 Å². The van der Waals surface area contributed by atoms with E-state index in [2.05, 4.69) is 28.6 Å². The summed E-state index contributed by atoms with van der Waals surface area (Å²) in [4.78, 5) is 10.3. The predicted molar refractivity (Wildman–Crippen MR) is 105 cm³/mol. The van der Waals surface area contributed by atoms with Crippen molar-refractivity contribution in [2.24, 2.45) is 0 Å². The number of aliphatic hydroxyl groups excluding tert-OH is 1. The topological polar surface area (TPSA) is 93.6 Å². The number of piperidine rings is 3. The quantitative estimate of drug-likeness (QED) is 0.418. The first-order chi connectivity index (χ1) is 12.2. The van der Waals surface area contributed by atoms with Crippen LogP contribution >= 0.6 is 12.6 Å². The van der Waals surface area contributed by atoms with Crippen LogP contribution in [0.3, 0.4) is 0 Å². The van der Waals surface area contributed by atoms with Gasteiger partial charge in [-0.2, -0.15) is 12.6 Å². The molecule has 0 amide bonds. The van der Waals surface area contributed by atoms with E-state index in [0.717, 1.165) is 44.5 Å². The molecule has 5 N–H and O–H groups in total. The first-order valence-corrected chi connectivity index (χ1v) is 10.4. The largest absolute Gasteiger partial charge is 0.480 e. The van der Waals surface area contributed by atoms with Crippen molar-refractivity contribution < 1.29 is 15.0 Å². The molecule has 0 aromatic heterocycles. The lowest BCUT2D eigenvalue weighted by molar-refractivity contribution is -0.140. The fourth-order valence-corrected chi connectivity index (χ4v) is 3.53. The summed E-state index contributed by atoms with van der Waals surface area (Å²) in [5.41, 5.74) is 0. The Morgan fingerprint density at radius 1 is 0.840 bits per heavy atom. The molecule has 3 heterocycles. The third-order valence-corrected chi connectivity index (χ3v) is 5.31. The Labute approximate surface area is 157 Å². The molecule has 3 fully saturated rings. The average molecular weight is 376 g/mol. The van der Waals surface area contributed by atoms with E-state index in [1.165, 1.54) is 38.6 Å². The number of carbonyl (C=O) groups is 1. The van der Waals surface area contributed by atoms with Crippen LogP contribution < -0.4 is 16.0 Å². The van der Waals surface area contributed by atoms with E-state index in [-0.39, 0.29) is 6.04 Å². The Morgan fingerprint density at radius 3 is 1.60 bits per heavy atom. The lowest BCUT2D eigenvalue weighted by atomic mass is 10.1. The minimum atomic E-state index is -0.713. The maximum absolute atomic E-state index is 10.3. The summed E-state index contributed by atoms with van der Waals surface area (Å²) >= 11 is 4.20. The van der Waals surface area contributed by atoms with E-state index in [0.29, 0.717) is 18.7 Å². The Hall–Kier alpha value is -0.340. The fourth-order valence-electron chi connectivity index (χ4n) is 3.22. The van der Waals surface area contributed by atoms with Crippen molar-refractivity contribution in [1.82, 2.24) is 16.0 Å². The lowest BCUT2D eigenvalue weighted by Gasteiger charge is -2.20. The van der Waals surface area contributed by atoms with Crippen LogP contribution in [0.25, 0.3) is 0 Å².